The molecule has 338 valence electrons. The zero-order valence-electron chi connectivity index (χ0n) is 36.2. The molecule has 0 spiro atoms. The lowest BCUT2D eigenvalue weighted by Gasteiger charge is -2.40. The number of amides is 1. The fourth-order valence-electron chi connectivity index (χ4n) is 9.03. The van der Waals surface area contributed by atoms with Crippen molar-refractivity contribution in [2.75, 3.05) is 56.6 Å². The molecule has 4 N–H and O–H groups in total. The Kier molecular flexibility index (Phi) is 13.0. The summed E-state index contributed by atoms with van der Waals surface area (Å²) < 4.78 is 41.9. The molecule has 3 heterocycles. The molecule has 0 bridgehead atoms. The third-order valence-corrected chi connectivity index (χ3v) is 14.6. The van der Waals surface area contributed by atoms with E-state index in [0.29, 0.717) is 48.9 Å². The first-order chi connectivity index (χ1) is 30.6. The summed E-state index contributed by atoms with van der Waals surface area (Å²) in [6, 6.07) is 20.2. The zero-order chi connectivity index (χ0) is 45.2. The molecule has 1 saturated heterocycles. The number of sulfonamides is 1. The number of nitrogens with one attached hydrogen (secondary N) is 3. The maximum Gasteiger partial charge on any atom is 0.293 e. The van der Waals surface area contributed by atoms with E-state index in [-0.39, 0.29) is 28.5 Å². The molecule has 2 aromatic heterocycles. The van der Waals surface area contributed by atoms with Gasteiger partial charge in [-0.05, 0) is 130 Å². The van der Waals surface area contributed by atoms with E-state index in [0.717, 1.165) is 68.9 Å². The number of pyridine rings is 1. The first-order valence-electron chi connectivity index (χ1n) is 21.6. The summed E-state index contributed by atoms with van der Waals surface area (Å²) in [4.78, 5) is 37.1. The van der Waals surface area contributed by atoms with Gasteiger partial charge in [-0.1, -0.05) is 23.7 Å². The average molecular weight is 913 g/mol. The number of aromatic amines is 1. The fourth-order valence-corrected chi connectivity index (χ4v) is 10.1. The number of ether oxygens (including phenoxy) is 2. The molecular formula is C47H54ClN7O8S. The molecule has 3 aliphatic rings. The van der Waals surface area contributed by atoms with E-state index in [9.17, 15) is 28.4 Å². The Morgan fingerprint density at radius 1 is 1.02 bits per heavy atom. The number of rotatable bonds is 14. The van der Waals surface area contributed by atoms with Gasteiger partial charge in [0.1, 0.15) is 22.8 Å². The number of anilines is 2. The van der Waals surface area contributed by atoms with Crippen molar-refractivity contribution in [2.45, 2.75) is 74.9 Å². The van der Waals surface area contributed by atoms with Crippen molar-refractivity contribution in [3.63, 3.8) is 0 Å². The molecule has 2 aliphatic carbocycles. The number of hydrogen-bond donors (Lipinski definition) is 4. The number of fused-ring (bicyclic) bond motifs is 1. The number of aromatic nitrogens is 2. The van der Waals surface area contributed by atoms with Gasteiger partial charge in [-0.2, -0.15) is 0 Å². The van der Waals surface area contributed by atoms with Crippen LogP contribution in [0.3, 0.4) is 0 Å². The number of piperazine rings is 1. The summed E-state index contributed by atoms with van der Waals surface area (Å²) in [7, 11) is -2.81. The number of hydrogen-bond acceptors (Lipinski definition) is 12. The maximum absolute atomic E-state index is 14.0. The minimum absolute atomic E-state index is 0.0560. The lowest BCUT2D eigenvalue weighted by molar-refractivity contribution is -0.384. The number of aliphatic hydroxyl groups is 1. The fraction of sp³-hybridized carbons (Fsp3) is 0.404. The van der Waals surface area contributed by atoms with E-state index in [1.54, 1.807) is 38.4 Å². The maximum atomic E-state index is 14.0. The number of carbonyl (C=O) groups excluding carboxylic acids is 1. The van der Waals surface area contributed by atoms with Gasteiger partial charge in [-0.3, -0.25) is 19.8 Å². The molecule has 5 aromatic rings. The van der Waals surface area contributed by atoms with Crippen LogP contribution in [0.4, 0.5) is 17.1 Å². The van der Waals surface area contributed by atoms with Gasteiger partial charge in [-0.25, -0.2) is 18.1 Å². The van der Waals surface area contributed by atoms with Gasteiger partial charge in [0.15, 0.2) is 0 Å². The molecule has 1 atom stereocenters. The molecule has 1 saturated carbocycles. The van der Waals surface area contributed by atoms with Crippen LogP contribution in [-0.2, 0) is 14.8 Å². The number of carbonyl (C=O) groups is 1. The molecule has 1 unspecified atom stereocenters. The molecule has 1 amide bonds. The number of H-pyrrole nitrogens is 1. The van der Waals surface area contributed by atoms with Crippen LogP contribution < -0.4 is 19.7 Å². The number of allylic oxidation sites excluding steroid dienone is 1. The second-order valence-electron chi connectivity index (χ2n) is 17.7. The summed E-state index contributed by atoms with van der Waals surface area (Å²) >= 11 is 6.23. The van der Waals surface area contributed by atoms with E-state index in [4.69, 9.17) is 21.1 Å². The minimum Gasteiger partial charge on any atom is -0.455 e. The highest BCUT2D eigenvalue weighted by atomic mass is 35.5. The predicted molar refractivity (Wildman–Crippen MR) is 248 cm³/mol. The topological polar surface area (TPSA) is 192 Å². The Bertz CT molecular complexity index is 2670. The van der Waals surface area contributed by atoms with Crippen molar-refractivity contribution in [3.8, 4) is 11.5 Å². The van der Waals surface area contributed by atoms with Crippen LogP contribution in [0.5, 0.6) is 11.5 Å². The van der Waals surface area contributed by atoms with Gasteiger partial charge >= 0.3 is 0 Å². The Hall–Kier alpha value is -5.52. The van der Waals surface area contributed by atoms with E-state index in [1.807, 2.05) is 18.2 Å². The SMILES string of the molecule is COC1(C)CCC(c2ccc(Cl)cc2)=C(CN2CCN(c3ccc(C(=O)NS(=O)(=O)c4ccc(NCC5CCC(C)(O)CC5)c([N+](=O)[O-])c4)c(Oc4cnc5[nH]ccc5c4)c3)CC2)C1. The van der Waals surface area contributed by atoms with Crippen LogP contribution in [0.1, 0.15) is 74.7 Å². The summed E-state index contributed by atoms with van der Waals surface area (Å²) in [6.07, 6.45) is 8.72. The number of nitro benzene ring substituents is 1. The molecule has 8 rings (SSSR count). The second-order valence-corrected chi connectivity index (χ2v) is 19.9. The van der Waals surface area contributed by atoms with Crippen molar-refractivity contribution in [1.29, 1.82) is 0 Å². The van der Waals surface area contributed by atoms with Crippen molar-refractivity contribution < 1.29 is 32.7 Å². The third kappa shape index (κ3) is 10.4. The quantitative estimate of drug-likeness (QED) is 0.0614. The zero-order valence-corrected chi connectivity index (χ0v) is 37.8. The lowest BCUT2D eigenvalue weighted by Crippen LogP contribution is -2.47. The van der Waals surface area contributed by atoms with Crippen LogP contribution >= 0.6 is 11.6 Å². The van der Waals surface area contributed by atoms with Crippen molar-refractivity contribution in [3.05, 3.63) is 117 Å². The molecule has 64 heavy (non-hydrogen) atoms. The molecule has 1 aliphatic heterocycles. The van der Waals surface area contributed by atoms with Gasteiger partial charge in [0.25, 0.3) is 21.6 Å². The van der Waals surface area contributed by atoms with E-state index >= 15 is 0 Å². The lowest BCUT2D eigenvalue weighted by atomic mass is 9.79. The summed E-state index contributed by atoms with van der Waals surface area (Å²) in [5.41, 5.74) is 4.03. The highest BCUT2D eigenvalue weighted by Gasteiger charge is 2.34. The number of halogens is 1. The van der Waals surface area contributed by atoms with Crippen molar-refractivity contribution in [2.24, 2.45) is 5.92 Å². The van der Waals surface area contributed by atoms with Crippen LogP contribution in [0, 0.1) is 16.0 Å². The summed E-state index contributed by atoms with van der Waals surface area (Å²) in [5.74, 6) is -0.329. The first-order valence-corrected chi connectivity index (χ1v) is 23.5. The molecular weight excluding hydrogens is 858 g/mol. The molecule has 0 radical (unpaired) electrons. The first kappa shape index (κ1) is 45.1. The largest absolute Gasteiger partial charge is 0.455 e. The Morgan fingerprint density at radius 2 is 1.77 bits per heavy atom. The predicted octanol–water partition coefficient (Wildman–Crippen LogP) is 8.55. The van der Waals surface area contributed by atoms with E-state index < -0.39 is 37.0 Å². The Labute approximate surface area is 378 Å². The van der Waals surface area contributed by atoms with E-state index in [1.165, 1.54) is 41.1 Å². The Morgan fingerprint density at radius 3 is 2.48 bits per heavy atom. The van der Waals surface area contributed by atoms with Gasteiger partial charge in [0.05, 0.1) is 32.8 Å². The molecule has 17 heteroatoms. The van der Waals surface area contributed by atoms with Crippen molar-refractivity contribution >= 4 is 61.2 Å². The Balaban J connectivity index is 0.997. The monoisotopic (exact) mass is 911 g/mol. The van der Waals surface area contributed by atoms with Crippen molar-refractivity contribution in [1.82, 2.24) is 19.6 Å². The van der Waals surface area contributed by atoms with Gasteiger partial charge in [0, 0.05) is 80.8 Å². The van der Waals surface area contributed by atoms with Crippen LogP contribution in [0.25, 0.3) is 16.6 Å². The normalized spacial score (nSPS) is 22.1. The van der Waals surface area contributed by atoms with Gasteiger partial charge in [0.2, 0.25) is 0 Å². The van der Waals surface area contributed by atoms with Crippen LogP contribution in [0.2, 0.25) is 5.02 Å². The number of nitro groups is 1. The molecule has 15 nitrogen and oxygen atoms in total. The molecule has 3 aromatic carbocycles. The van der Waals surface area contributed by atoms with Gasteiger partial charge < -0.3 is 29.8 Å². The minimum atomic E-state index is -4.59. The highest BCUT2D eigenvalue weighted by molar-refractivity contribution is 7.90. The van der Waals surface area contributed by atoms with Gasteiger partial charge in [-0.15, -0.1) is 0 Å². The third-order valence-electron chi connectivity index (χ3n) is 13.0. The smallest absolute Gasteiger partial charge is 0.293 e. The molecule has 2 fully saturated rings. The average Bonchev–Trinajstić information content (AvgIpc) is 3.75. The van der Waals surface area contributed by atoms with Crippen LogP contribution in [0.15, 0.2) is 95.7 Å². The highest BCUT2D eigenvalue weighted by Crippen LogP contribution is 2.41. The van der Waals surface area contributed by atoms with Crippen LogP contribution in [-0.4, -0.2) is 96.8 Å². The summed E-state index contributed by atoms with van der Waals surface area (Å²) in [6.45, 7) is 8.13. The van der Waals surface area contributed by atoms with E-state index in [2.05, 4.69) is 48.9 Å². The standard InChI is InChI=1S/C47H54ClN7O8S/c1-46(57)16-12-31(13-17-46)28-50-41-11-9-38(26-42(41)55(58)59)64(60,61)52-45(56)40-10-8-36(25-43(40)63-37-24-33-15-19-49-44(33)51-29-37)54-22-20-53(21-23-54)30-34-27-47(2,62-3)18-14-39(34)32-4-6-35(48)7-5-32/h4-11,15,19,24-26,29,31,50,57H,12-14,16-18,20-23,27-28,30H2,1-3H3,(H,49,51)(H,52,56). The second kappa shape index (κ2) is 18.5. The number of methoxy groups -OCH3 is 1. The number of benzene rings is 3. The summed E-state index contributed by atoms with van der Waals surface area (Å²) in [5, 5.41) is 27.0. The number of nitrogens with zero attached hydrogens (tertiary/aromatic N) is 4.